The first-order chi connectivity index (χ1) is 14.4. The summed E-state index contributed by atoms with van der Waals surface area (Å²) >= 11 is 0. The van der Waals surface area contributed by atoms with Crippen molar-refractivity contribution in [3.8, 4) is 0 Å². The third kappa shape index (κ3) is 5.06. The molecule has 4 rings (SSSR count). The minimum absolute atomic E-state index is 0.183. The zero-order valence-corrected chi connectivity index (χ0v) is 18.6. The van der Waals surface area contributed by atoms with E-state index in [4.69, 9.17) is 4.42 Å². The summed E-state index contributed by atoms with van der Waals surface area (Å²) in [5, 5.41) is 0.708. The molecule has 2 aliphatic rings. The maximum absolute atomic E-state index is 13.3. The van der Waals surface area contributed by atoms with Crippen molar-refractivity contribution in [3.05, 3.63) is 35.6 Å². The smallest absolute Gasteiger partial charge is 0.289 e. The van der Waals surface area contributed by atoms with E-state index in [1.54, 1.807) is 6.07 Å². The Kier molecular flexibility index (Phi) is 6.48. The number of nitrogens with zero attached hydrogens (tertiary/aromatic N) is 2. The second kappa shape index (κ2) is 9.10. The Balaban J connectivity index is 1.50. The summed E-state index contributed by atoms with van der Waals surface area (Å²) < 4.78 is 29.9. The molecule has 7 heteroatoms. The Morgan fingerprint density at radius 3 is 2.57 bits per heavy atom. The topological polar surface area (TPSA) is 70.8 Å². The molecule has 1 aromatic carbocycles. The Labute approximate surface area is 179 Å². The summed E-state index contributed by atoms with van der Waals surface area (Å²) in [5.74, 6) is 0.594. The van der Waals surface area contributed by atoms with E-state index in [2.05, 4.69) is 4.90 Å². The fourth-order valence-corrected chi connectivity index (χ4v) is 5.72. The van der Waals surface area contributed by atoms with E-state index in [0.29, 0.717) is 29.6 Å². The highest BCUT2D eigenvalue weighted by molar-refractivity contribution is 7.89. The summed E-state index contributed by atoms with van der Waals surface area (Å²) in [6, 6.07) is 7.28. The van der Waals surface area contributed by atoms with Gasteiger partial charge >= 0.3 is 0 Å². The van der Waals surface area contributed by atoms with E-state index in [9.17, 15) is 13.2 Å². The molecule has 1 aromatic heterocycles. The summed E-state index contributed by atoms with van der Waals surface area (Å²) in [4.78, 5) is 17.7. The van der Waals surface area contributed by atoms with Gasteiger partial charge < -0.3 is 14.2 Å². The average molecular weight is 433 g/mol. The molecular weight excluding hydrogens is 400 g/mol. The number of rotatable bonds is 5. The molecule has 0 bridgehead atoms. The van der Waals surface area contributed by atoms with Gasteiger partial charge in [-0.05, 0) is 37.8 Å². The molecule has 0 spiro atoms. The number of carbonyl (C=O) groups is 1. The number of para-hydroxylation sites is 1. The van der Waals surface area contributed by atoms with Crippen LogP contribution in [0.5, 0.6) is 0 Å². The number of carbonyl (C=O) groups excluding carboxylic acids is 1. The normalized spacial score (nSPS) is 19.8. The van der Waals surface area contributed by atoms with Crippen LogP contribution in [0.15, 0.2) is 28.7 Å². The molecule has 2 fully saturated rings. The zero-order chi connectivity index (χ0) is 21.1. The largest absolute Gasteiger partial charge is 0.451 e. The van der Waals surface area contributed by atoms with Gasteiger partial charge in [0.15, 0.2) is 15.6 Å². The molecular formula is C23H32N2O4S. The van der Waals surface area contributed by atoms with Crippen LogP contribution in [-0.4, -0.2) is 63.1 Å². The lowest BCUT2D eigenvalue weighted by atomic mass is 9.89. The highest BCUT2D eigenvalue weighted by Gasteiger charge is 2.29. The van der Waals surface area contributed by atoms with Crippen LogP contribution in [0.1, 0.15) is 54.6 Å². The molecule has 6 nitrogen and oxygen atoms in total. The number of fused-ring (bicyclic) bond motifs is 1. The lowest BCUT2D eigenvalue weighted by Crippen LogP contribution is -2.37. The van der Waals surface area contributed by atoms with E-state index in [1.807, 2.05) is 23.1 Å². The van der Waals surface area contributed by atoms with Crippen molar-refractivity contribution in [3.63, 3.8) is 0 Å². The molecule has 164 valence electrons. The van der Waals surface area contributed by atoms with Crippen LogP contribution in [-0.2, 0) is 15.6 Å². The summed E-state index contributed by atoms with van der Waals surface area (Å²) in [6.45, 7) is 4.34. The van der Waals surface area contributed by atoms with Gasteiger partial charge in [0.25, 0.3) is 5.91 Å². The average Bonchev–Trinajstić information content (AvgIpc) is 2.90. The van der Waals surface area contributed by atoms with Crippen molar-refractivity contribution >= 4 is 26.7 Å². The van der Waals surface area contributed by atoms with Gasteiger partial charge in [-0.15, -0.1) is 0 Å². The van der Waals surface area contributed by atoms with Crippen molar-refractivity contribution in [2.45, 2.75) is 44.3 Å². The molecule has 0 atom stereocenters. The van der Waals surface area contributed by atoms with Gasteiger partial charge in [-0.25, -0.2) is 8.42 Å². The quantitative estimate of drug-likeness (QED) is 0.720. The summed E-state index contributed by atoms with van der Waals surface area (Å²) in [7, 11) is -3.30. The molecule has 30 heavy (non-hydrogen) atoms. The van der Waals surface area contributed by atoms with Crippen LogP contribution >= 0.6 is 0 Å². The van der Waals surface area contributed by atoms with Crippen molar-refractivity contribution in [1.29, 1.82) is 0 Å². The molecule has 1 amide bonds. The third-order valence-corrected chi connectivity index (χ3v) is 7.23. The maximum Gasteiger partial charge on any atom is 0.289 e. The third-order valence-electron chi connectivity index (χ3n) is 6.42. The fourth-order valence-electron chi connectivity index (χ4n) is 4.91. The Morgan fingerprint density at radius 2 is 1.80 bits per heavy atom. The van der Waals surface area contributed by atoms with E-state index >= 15 is 0 Å². The maximum atomic E-state index is 13.3. The molecule has 1 aliphatic carbocycles. The number of benzene rings is 1. The van der Waals surface area contributed by atoms with E-state index in [0.717, 1.165) is 32.0 Å². The van der Waals surface area contributed by atoms with Gasteiger partial charge in [-0.3, -0.25) is 4.79 Å². The van der Waals surface area contributed by atoms with Crippen LogP contribution in [0, 0.1) is 5.92 Å². The monoisotopic (exact) mass is 432 g/mol. The zero-order valence-electron chi connectivity index (χ0n) is 17.8. The molecule has 0 N–H and O–H groups in total. The van der Waals surface area contributed by atoms with Crippen molar-refractivity contribution in [1.82, 2.24) is 9.80 Å². The second-order valence-corrected chi connectivity index (χ2v) is 11.1. The number of hydrogen-bond donors (Lipinski definition) is 0. The number of hydrogen-bond acceptors (Lipinski definition) is 5. The Hall–Kier alpha value is -1.86. The van der Waals surface area contributed by atoms with Crippen molar-refractivity contribution in [2.24, 2.45) is 5.92 Å². The molecule has 1 aliphatic heterocycles. The van der Waals surface area contributed by atoms with Gasteiger partial charge in [0.2, 0.25) is 0 Å². The van der Waals surface area contributed by atoms with Gasteiger partial charge in [0.05, 0.1) is 5.75 Å². The second-order valence-electron chi connectivity index (χ2n) is 8.93. The van der Waals surface area contributed by atoms with Crippen LogP contribution in [0.4, 0.5) is 0 Å². The Morgan fingerprint density at radius 1 is 1.03 bits per heavy atom. The van der Waals surface area contributed by atoms with Gasteiger partial charge in [-0.1, -0.05) is 37.5 Å². The van der Waals surface area contributed by atoms with E-state index < -0.39 is 9.84 Å². The minimum atomic E-state index is -3.30. The number of furan rings is 1. The van der Waals surface area contributed by atoms with Crippen LogP contribution in [0.2, 0.25) is 0 Å². The lowest BCUT2D eigenvalue weighted by molar-refractivity contribution is 0.0729. The lowest BCUT2D eigenvalue weighted by Gasteiger charge is -2.28. The first-order valence-electron chi connectivity index (χ1n) is 11.1. The molecule has 1 saturated carbocycles. The van der Waals surface area contributed by atoms with Crippen LogP contribution < -0.4 is 0 Å². The Bertz CT molecular complexity index is 992. The molecule has 2 aromatic rings. The number of amides is 1. The number of sulfone groups is 1. The molecule has 1 saturated heterocycles. The first-order valence-corrected chi connectivity index (χ1v) is 13.2. The predicted octanol–water partition coefficient (Wildman–Crippen LogP) is 3.71. The predicted molar refractivity (Wildman–Crippen MR) is 118 cm³/mol. The highest BCUT2D eigenvalue weighted by Crippen LogP contribution is 2.29. The van der Waals surface area contributed by atoms with Crippen LogP contribution in [0.25, 0.3) is 11.0 Å². The van der Waals surface area contributed by atoms with Crippen LogP contribution in [0.3, 0.4) is 0 Å². The molecule has 0 unspecified atom stereocenters. The summed E-state index contributed by atoms with van der Waals surface area (Å²) in [5.41, 5.74) is 1.05. The van der Waals surface area contributed by atoms with E-state index in [-0.39, 0.29) is 17.4 Å². The van der Waals surface area contributed by atoms with Gasteiger partial charge in [-0.2, -0.15) is 0 Å². The standard InChI is InChI=1S/C23H32N2O4S/c1-30(27,28)17-20-19-10-5-6-11-21(19)29-22(20)23(26)25-13-7-12-24(14-15-25)16-18-8-3-2-4-9-18/h5-6,10-11,18H,2-4,7-9,12-17H2,1H3. The van der Waals surface area contributed by atoms with E-state index in [1.165, 1.54) is 38.4 Å². The van der Waals surface area contributed by atoms with Gasteiger partial charge in [0, 0.05) is 43.4 Å². The minimum Gasteiger partial charge on any atom is -0.451 e. The molecule has 0 radical (unpaired) electrons. The molecule has 2 heterocycles. The highest BCUT2D eigenvalue weighted by atomic mass is 32.2. The SMILES string of the molecule is CS(=O)(=O)Cc1c(C(=O)N2CCCN(CC3CCCCC3)CC2)oc2ccccc12. The summed E-state index contributed by atoms with van der Waals surface area (Å²) in [6.07, 6.45) is 8.83. The first kappa shape index (κ1) is 21.4. The van der Waals surface area contributed by atoms with Crippen molar-refractivity contribution < 1.29 is 17.6 Å². The fraction of sp³-hybridized carbons (Fsp3) is 0.609. The van der Waals surface area contributed by atoms with Crippen molar-refractivity contribution in [2.75, 3.05) is 39.0 Å². The van der Waals surface area contributed by atoms with Gasteiger partial charge in [0.1, 0.15) is 5.58 Å².